The maximum atomic E-state index is 11.9. The van der Waals surface area contributed by atoms with Crippen LogP contribution in [0.4, 0.5) is 0 Å². The third kappa shape index (κ3) is 7.35. The Balaban J connectivity index is 3.33. The van der Waals surface area contributed by atoms with Crippen LogP contribution in [0.3, 0.4) is 0 Å². The molecule has 0 bridgehead atoms. The second kappa shape index (κ2) is 11.0. The van der Waals surface area contributed by atoms with Gasteiger partial charge >= 0.3 is 17.9 Å². The van der Waals surface area contributed by atoms with Gasteiger partial charge in [0.05, 0.1) is 0 Å². The van der Waals surface area contributed by atoms with E-state index < -0.39 is 35.7 Å². The number of allylic oxidation sites excluding steroid dienone is 3. The van der Waals surface area contributed by atoms with Gasteiger partial charge in [-0.05, 0) is 70.3 Å². The third-order valence-corrected chi connectivity index (χ3v) is 6.47. The van der Waals surface area contributed by atoms with Crippen LogP contribution in [-0.2, 0) is 28.6 Å². The Morgan fingerprint density at radius 2 is 1.59 bits per heavy atom. The van der Waals surface area contributed by atoms with E-state index in [0.29, 0.717) is 0 Å². The van der Waals surface area contributed by atoms with Gasteiger partial charge in [-0.3, -0.25) is 14.4 Å². The first kappa shape index (κ1) is 27.7. The molecule has 1 aliphatic carbocycles. The quantitative estimate of drug-likeness (QED) is 0.270. The summed E-state index contributed by atoms with van der Waals surface area (Å²) in [5.41, 5.74) is 0.942. The Kier molecular flexibility index (Phi) is 9.49. The first-order valence-electron chi connectivity index (χ1n) is 11.1. The van der Waals surface area contributed by atoms with Gasteiger partial charge in [-0.25, -0.2) is 0 Å². The molecule has 0 aromatic heterocycles. The summed E-state index contributed by atoms with van der Waals surface area (Å²) < 4.78 is 16.5. The molecule has 0 spiro atoms. The average Bonchev–Trinajstić information content (AvgIpc) is 2.63. The zero-order valence-corrected chi connectivity index (χ0v) is 20.9. The van der Waals surface area contributed by atoms with Crippen molar-refractivity contribution in [3.05, 3.63) is 36.5 Å². The largest absolute Gasteiger partial charge is 0.456 e. The maximum absolute atomic E-state index is 11.9. The Hall–Kier alpha value is -2.37. The summed E-state index contributed by atoms with van der Waals surface area (Å²) in [5.74, 6) is -1.05. The normalized spacial score (nSPS) is 25.8. The Labute approximate surface area is 193 Å². The fourth-order valence-electron chi connectivity index (χ4n) is 4.73. The van der Waals surface area contributed by atoms with E-state index >= 15 is 0 Å². The molecule has 0 amide bonds. The van der Waals surface area contributed by atoms with Crippen LogP contribution in [0.15, 0.2) is 36.5 Å². The Morgan fingerprint density at radius 3 is 2.03 bits per heavy atom. The van der Waals surface area contributed by atoms with Crippen LogP contribution in [0.25, 0.3) is 0 Å². The minimum absolute atomic E-state index is 0.00447. The highest BCUT2D eigenvalue weighted by Crippen LogP contribution is 2.49. The number of rotatable bonds is 9. The van der Waals surface area contributed by atoms with Crippen LogP contribution < -0.4 is 0 Å². The fraction of sp³-hybridized carbons (Fsp3) is 0.654. The predicted molar refractivity (Wildman–Crippen MR) is 125 cm³/mol. The lowest BCUT2D eigenvalue weighted by Gasteiger charge is -2.44. The highest BCUT2D eigenvalue weighted by atomic mass is 16.6. The molecule has 0 aliphatic heterocycles. The van der Waals surface area contributed by atoms with Crippen molar-refractivity contribution in [2.45, 2.75) is 92.5 Å². The Morgan fingerprint density at radius 1 is 1.03 bits per heavy atom. The summed E-state index contributed by atoms with van der Waals surface area (Å²) in [6.07, 6.45) is 4.78. The van der Waals surface area contributed by atoms with Gasteiger partial charge in [0.2, 0.25) is 0 Å². The lowest BCUT2D eigenvalue weighted by atomic mass is 9.61. The summed E-state index contributed by atoms with van der Waals surface area (Å²) in [6, 6.07) is 0. The molecule has 1 fully saturated rings. The number of esters is 3. The van der Waals surface area contributed by atoms with E-state index in [9.17, 15) is 14.4 Å². The number of carbonyl (C=O) groups excluding carboxylic acids is 3. The minimum atomic E-state index is -1.21. The Bertz CT molecular complexity index is 777. The van der Waals surface area contributed by atoms with Gasteiger partial charge in [0.1, 0.15) is 5.60 Å². The molecule has 5 unspecified atom stereocenters. The second-order valence-electron chi connectivity index (χ2n) is 9.79. The van der Waals surface area contributed by atoms with E-state index in [2.05, 4.69) is 20.1 Å². The van der Waals surface area contributed by atoms with Crippen molar-refractivity contribution >= 4 is 17.9 Å². The first-order valence-corrected chi connectivity index (χ1v) is 11.1. The van der Waals surface area contributed by atoms with Gasteiger partial charge in [0.25, 0.3) is 0 Å². The van der Waals surface area contributed by atoms with Crippen LogP contribution in [0, 0.1) is 17.3 Å². The van der Waals surface area contributed by atoms with Crippen molar-refractivity contribution in [1.29, 1.82) is 0 Å². The molecule has 0 heterocycles. The van der Waals surface area contributed by atoms with Crippen molar-refractivity contribution in [1.82, 2.24) is 0 Å². The highest BCUT2D eigenvalue weighted by molar-refractivity contribution is 5.68. The number of ether oxygens (including phenoxy) is 3. The molecule has 180 valence electrons. The summed E-state index contributed by atoms with van der Waals surface area (Å²) in [7, 11) is 0. The van der Waals surface area contributed by atoms with Crippen LogP contribution in [0.1, 0.15) is 74.7 Å². The predicted octanol–water partition coefficient (Wildman–Crippen LogP) is 5.32. The molecule has 1 saturated carbocycles. The van der Waals surface area contributed by atoms with E-state index in [0.717, 1.165) is 30.4 Å². The number of carbonyl (C=O) groups is 3. The van der Waals surface area contributed by atoms with Crippen molar-refractivity contribution in [2.24, 2.45) is 17.3 Å². The lowest BCUT2D eigenvalue weighted by Crippen LogP contribution is -2.50. The van der Waals surface area contributed by atoms with E-state index in [1.807, 2.05) is 26.0 Å². The lowest BCUT2D eigenvalue weighted by molar-refractivity contribution is -0.192. The fourth-order valence-corrected chi connectivity index (χ4v) is 4.73. The molecule has 0 N–H and O–H groups in total. The third-order valence-electron chi connectivity index (χ3n) is 6.47. The van der Waals surface area contributed by atoms with Crippen molar-refractivity contribution in [2.75, 3.05) is 0 Å². The van der Waals surface area contributed by atoms with Crippen molar-refractivity contribution in [3.8, 4) is 0 Å². The maximum Gasteiger partial charge on any atom is 0.303 e. The molecule has 0 radical (unpaired) electrons. The van der Waals surface area contributed by atoms with Crippen LogP contribution in [0.2, 0.25) is 0 Å². The monoisotopic (exact) mass is 448 g/mol. The van der Waals surface area contributed by atoms with E-state index in [4.69, 9.17) is 14.2 Å². The van der Waals surface area contributed by atoms with Gasteiger partial charge in [0, 0.05) is 20.8 Å². The zero-order chi connectivity index (χ0) is 24.9. The van der Waals surface area contributed by atoms with Gasteiger partial charge in [-0.15, -0.1) is 6.58 Å². The highest BCUT2D eigenvalue weighted by Gasteiger charge is 2.43. The number of hydrogen-bond acceptors (Lipinski definition) is 6. The van der Waals surface area contributed by atoms with Crippen LogP contribution in [-0.4, -0.2) is 35.7 Å². The molecule has 1 rings (SSSR count). The minimum Gasteiger partial charge on any atom is -0.456 e. The van der Waals surface area contributed by atoms with Crippen molar-refractivity contribution < 1.29 is 28.6 Å². The molecule has 0 saturated heterocycles. The summed E-state index contributed by atoms with van der Waals surface area (Å²) >= 11 is 0. The summed E-state index contributed by atoms with van der Waals surface area (Å²) in [6.45, 7) is 21.6. The van der Waals surface area contributed by atoms with Gasteiger partial charge < -0.3 is 14.2 Å². The SMILES string of the molecule is C=CC1(C)CCC(C(C)=CC(OC(C)=O)C(OC(C)=O)C(C)(C)OC(C)=O)CC1C(=C)C. The average molecular weight is 449 g/mol. The zero-order valence-electron chi connectivity index (χ0n) is 20.9. The summed E-state index contributed by atoms with van der Waals surface area (Å²) in [5, 5.41) is 0. The molecule has 0 aromatic rings. The second-order valence-corrected chi connectivity index (χ2v) is 9.79. The number of hydrogen-bond donors (Lipinski definition) is 0. The molecule has 0 aromatic carbocycles. The molecule has 6 heteroatoms. The molecule has 32 heavy (non-hydrogen) atoms. The standard InChI is InChI=1S/C26H40O6/c1-11-26(10)13-12-21(15-22(26)16(2)3)17(4)14-23(30-18(5)27)24(31-19(6)28)25(8,9)32-20(7)29/h11,14,21-24H,1-2,12-13,15H2,3-10H3. The van der Waals surface area contributed by atoms with E-state index in [1.54, 1.807) is 13.8 Å². The van der Waals surface area contributed by atoms with E-state index in [-0.39, 0.29) is 17.3 Å². The molecular formula is C26H40O6. The van der Waals surface area contributed by atoms with Gasteiger partial charge in [-0.1, -0.05) is 30.7 Å². The topological polar surface area (TPSA) is 78.9 Å². The summed E-state index contributed by atoms with van der Waals surface area (Å²) in [4.78, 5) is 35.4. The molecular weight excluding hydrogens is 408 g/mol. The molecule has 5 atom stereocenters. The van der Waals surface area contributed by atoms with Crippen molar-refractivity contribution in [3.63, 3.8) is 0 Å². The van der Waals surface area contributed by atoms with Gasteiger partial charge in [0.15, 0.2) is 12.2 Å². The molecule has 1 aliphatic rings. The van der Waals surface area contributed by atoms with Gasteiger partial charge in [-0.2, -0.15) is 0 Å². The first-order chi connectivity index (χ1) is 14.6. The van der Waals surface area contributed by atoms with Crippen LogP contribution in [0.5, 0.6) is 0 Å². The smallest absolute Gasteiger partial charge is 0.303 e. The molecule has 6 nitrogen and oxygen atoms in total. The van der Waals surface area contributed by atoms with E-state index in [1.165, 1.54) is 20.8 Å². The van der Waals surface area contributed by atoms with Crippen LogP contribution >= 0.6 is 0 Å².